The summed E-state index contributed by atoms with van der Waals surface area (Å²) < 4.78 is 10.4. The van der Waals surface area contributed by atoms with Crippen LogP contribution in [0.4, 0.5) is 0 Å². The van der Waals surface area contributed by atoms with Crippen molar-refractivity contribution in [1.29, 1.82) is 0 Å². The van der Waals surface area contributed by atoms with Gasteiger partial charge in [-0.1, -0.05) is 13.8 Å². The van der Waals surface area contributed by atoms with Crippen LogP contribution < -0.4 is 20.5 Å². The summed E-state index contributed by atoms with van der Waals surface area (Å²) in [5.74, 6) is 1.34. The smallest absolute Gasteiger partial charge is 0.237 e. The lowest BCUT2D eigenvalue weighted by molar-refractivity contribution is -0.123. The largest absolute Gasteiger partial charge is 0.497 e. The van der Waals surface area contributed by atoms with E-state index in [1.807, 2.05) is 26.0 Å². The van der Waals surface area contributed by atoms with E-state index in [0.717, 1.165) is 5.56 Å². The van der Waals surface area contributed by atoms with Gasteiger partial charge in [0, 0.05) is 18.2 Å². The molecule has 0 radical (unpaired) electrons. The Labute approximate surface area is 114 Å². The van der Waals surface area contributed by atoms with Crippen molar-refractivity contribution >= 4 is 5.91 Å². The van der Waals surface area contributed by atoms with Gasteiger partial charge in [0.2, 0.25) is 5.91 Å². The summed E-state index contributed by atoms with van der Waals surface area (Å²) in [6, 6.07) is 4.97. The summed E-state index contributed by atoms with van der Waals surface area (Å²) in [4.78, 5) is 11.8. The maximum atomic E-state index is 11.8. The van der Waals surface area contributed by atoms with Crippen LogP contribution in [0.2, 0.25) is 0 Å². The Balaban J connectivity index is 2.70. The zero-order valence-electron chi connectivity index (χ0n) is 11.9. The molecule has 0 aliphatic rings. The van der Waals surface area contributed by atoms with Crippen LogP contribution in [0.25, 0.3) is 0 Å². The van der Waals surface area contributed by atoms with Gasteiger partial charge in [-0.15, -0.1) is 0 Å². The molecule has 0 fully saturated rings. The molecule has 1 atom stereocenters. The van der Waals surface area contributed by atoms with Crippen LogP contribution in [0.5, 0.6) is 11.5 Å². The summed E-state index contributed by atoms with van der Waals surface area (Å²) in [6.07, 6.45) is 0. The Morgan fingerprint density at radius 2 is 2.00 bits per heavy atom. The molecule has 0 saturated heterocycles. The van der Waals surface area contributed by atoms with Gasteiger partial charge >= 0.3 is 0 Å². The first-order valence-corrected chi connectivity index (χ1v) is 6.23. The number of methoxy groups -OCH3 is 2. The van der Waals surface area contributed by atoms with Crippen molar-refractivity contribution in [2.75, 3.05) is 14.2 Å². The van der Waals surface area contributed by atoms with Crippen LogP contribution in [-0.2, 0) is 11.3 Å². The summed E-state index contributed by atoms with van der Waals surface area (Å²) >= 11 is 0. The molecule has 0 heterocycles. The van der Waals surface area contributed by atoms with Crippen LogP contribution in [0.15, 0.2) is 18.2 Å². The van der Waals surface area contributed by atoms with E-state index >= 15 is 0 Å². The van der Waals surface area contributed by atoms with Gasteiger partial charge in [0.15, 0.2) is 0 Å². The maximum Gasteiger partial charge on any atom is 0.237 e. The SMILES string of the molecule is COc1ccc(CNC(=O)[C@@H](N)C(C)C)c(OC)c1. The summed E-state index contributed by atoms with van der Waals surface area (Å²) in [5, 5.41) is 2.81. The number of benzene rings is 1. The molecule has 0 aliphatic heterocycles. The highest BCUT2D eigenvalue weighted by atomic mass is 16.5. The van der Waals surface area contributed by atoms with Gasteiger partial charge in [-0.3, -0.25) is 4.79 Å². The van der Waals surface area contributed by atoms with Crippen LogP contribution >= 0.6 is 0 Å². The molecule has 19 heavy (non-hydrogen) atoms. The molecule has 1 aromatic carbocycles. The molecule has 1 rings (SSSR count). The van der Waals surface area contributed by atoms with Crippen molar-refractivity contribution in [1.82, 2.24) is 5.32 Å². The molecule has 106 valence electrons. The molecule has 0 spiro atoms. The van der Waals surface area contributed by atoms with E-state index in [-0.39, 0.29) is 11.8 Å². The van der Waals surface area contributed by atoms with Crippen molar-refractivity contribution < 1.29 is 14.3 Å². The monoisotopic (exact) mass is 266 g/mol. The second-order valence-corrected chi connectivity index (χ2v) is 4.67. The minimum absolute atomic E-state index is 0.109. The zero-order valence-corrected chi connectivity index (χ0v) is 11.9. The average Bonchev–Trinajstić information content (AvgIpc) is 2.43. The highest BCUT2D eigenvalue weighted by Crippen LogP contribution is 2.24. The number of hydrogen-bond donors (Lipinski definition) is 2. The van der Waals surface area contributed by atoms with Gasteiger partial charge in [0.05, 0.1) is 20.3 Å². The first-order chi connectivity index (χ1) is 8.99. The maximum absolute atomic E-state index is 11.8. The van der Waals surface area contributed by atoms with E-state index < -0.39 is 6.04 Å². The number of nitrogens with two attached hydrogens (primary N) is 1. The minimum atomic E-state index is -0.496. The number of hydrogen-bond acceptors (Lipinski definition) is 4. The number of amides is 1. The molecule has 0 aliphatic carbocycles. The predicted molar refractivity (Wildman–Crippen MR) is 74.2 cm³/mol. The van der Waals surface area contributed by atoms with Crippen LogP contribution in [0, 0.1) is 5.92 Å². The Kier molecular flexibility index (Phi) is 5.63. The number of ether oxygens (including phenoxy) is 2. The van der Waals surface area contributed by atoms with Gasteiger partial charge < -0.3 is 20.5 Å². The fourth-order valence-electron chi connectivity index (χ4n) is 1.60. The van der Waals surface area contributed by atoms with Crippen molar-refractivity contribution in [3.8, 4) is 11.5 Å². The van der Waals surface area contributed by atoms with Gasteiger partial charge in [-0.25, -0.2) is 0 Å². The Bertz CT molecular complexity index is 433. The second-order valence-electron chi connectivity index (χ2n) is 4.67. The first-order valence-electron chi connectivity index (χ1n) is 6.23. The van der Waals surface area contributed by atoms with E-state index in [4.69, 9.17) is 15.2 Å². The number of carbonyl (C=O) groups is 1. The first kappa shape index (κ1) is 15.3. The third-order valence-corrected chi connectivity index (χ3v) is 2.97. The Morgan fingerprint density at radius 3 is 2.53 bits per heavy atom. The molecule has 3 N–H and O–H groups in total. The van der Waals surface area contributed by atoms with Crippen molar-refractivity contribution in [3.05, 3.63) is 23.8 Å². The third-order valence-electron chi connectivity index (χ3n) is 2.97. The van der Waals surface area contributed by atoms with Gasteiger partial charge in [0.1, 0.15) is 11.5 Å². The lowest BCUT2D eigenvalue weighted by Crippen LogP contribution is -2.43. The summed E-state index contributed by atoms with van der Waals surface area (Å²) in [5.41, 5.74) is 6.66. The lowest BCUT2D eigenvalue weighted by atomic mass is 10.0. The van der Waals surface area contributed by atoms with E-state index in [9.17, 15) is 4.79 Å². The Morgan fingerprint density at radius 1 is 1.32 bits per heavy atom. The average molecular weight is 266 g/mol. The van der Waals surface area contributed by atoms with Crippen LogP contribution in [-0.4, -0.2) is 26.2 Å². The molecule has 0 bridgehead atoms. The summed E-state index contributed by atoms with van der Waals surface area (Å²) in [7, 11) is 3.18. The quantitative estimate of drug-likeness (QED) is 0.814. The fourth-order valence-corrected chi connectivity index (χ4v) is 1.60. The third kappa shape index (κ3) is 4.13. The van der Waals surface area contributed by atoms with Gasteiger partial charge in [0.25, 0.3) is 0 Å². The van der Waals surface area contributed by atoms with E-state index in [0.29, 0.717) is 18.0 Å². The number of nitrogens with one attached hydrogen (secondary N) is 1. The summed E-state index contributed by atoms with van der Waals surface area (Å²) in [6.45, 7) is 4.21. The molecule has 0 unspecified atom stereocenters. The standard InChI is InChI=1S/C14H22N2O3/c1-9(2)13(15)14(17)16-8-10-5-6-11(18-3)7-12(10)19-4/h5-7,9,13H,8,15H2,1-4H3,(H,16,17)/t13-/m0/s1. The molecule has 5 heteroatoms. The Hall–Kier alpha value is -1.75. The highest BCUT2D eigenvalue weighted by Gasteiger charge is 2.17. The van der Waals surface area contributed by atoms with Crippen molar-refractivity contribution in [3.63, 3.8) is 0 Å². The normalized spacial score (nSPS) is 12.1. The predicted octanol–water partition coefficient (Wildman–Crippen LogP) is 1.30. The highest BCUT2D eigenvalue weighted by molar-refractivity contribution is 5.81. The van der Waals surface area contributed by atoms with E-state index in [2.05, 4.69) is 5.32 Å². The lowest BCUT2D eigenvalue weighted by Gasteiger charge is -2.16. The van der Waals surface area contributed by atoms with Crippen molar-refractivity contribution in [2.24, 2.45) is 11.7 Å². The number of carbonyl (C=O) groups excluding carboxylic acids is 1. The molecular formula is C14H22N2O3. The molecule has 1 aromatic rings. The topological polar surface area (TPSA) is 73.6 Å². The van der Waals surface area contributed by atoms with Crippen molar-refractivity contribution in [2.45, 2.75) is 26.4 Å². The van der Waals surface area contributed by atoms with Gasteiger partial charge in [-0.05, 0) is 18.1 Å². The molecule has 0 aromatic heterocycles. The fraction of sp³-hybridized carbons (Fsp3) is 0.500. The van der Waals surface area contributed by atoms with E-state index in [1.54, 1.807) is 20.3 Å². The molecule has 0 saturated carbocycles. The molecule has 1 amide bonds. The van der Waals surface area contributed by atoms with Crippen LogP contribution in [0.1, 0.15) is 19.4 Å². The number of rotatable bonds is 6. The zero-order chi connectivity index (χ0) is 14.4. The van der Waals surface area contributed by atoms with Gasteiger partial charge in [-0.2, -0.15) is 0 Å². The van der Waals surface area contributed by atoms with E-state index in [1.165, 1.54) is 0 Å². The second kappa shape index (κ2) is 6.99. The molecule has 5 nitrogen and oxygen atoms in total. The molecular weight excluding hydrogens is 244 g/mol. The minimum Gasteiger partial charge on any atom is -0.497 e. The van der Waals surface area contributed by atoms with Crippen LogP contribution in [0.3, 0.4) is 0 Å².